The summed E-state index contributed by atoms with van der Waals surface area (Å²) >= 11 is 0. The Morgan fingerprint density at radius 2 is 2.09 bits per heavy atom. The molecule has 0 aromatic carbocycles. The summed E-state index contributed by atoms with van der Waals surface area (Å²) in [6.07, 6.45) is 2.94. The first kappa shape index (κ1) is 14.8. The van der Waals surface area contributed by atoms with E-state index in [4.69, 9.17) is 10.00 Å². The van der Waals surface area contributed by atoms with Crippen LogP contribution in [0.1, 0.15) is 25.0 Å². The molecule has 2 fully saturated rings. The number of carbonyl (C=O) groups is 1. The summed E-state index contributed by atoms with van der Waals surface area (Å²) in [7, 11) is 0. The van der Waals surface area contributed by atoms with Gasteiger partial charge in [0.1, 0.15) is 23.6 Å². The fourth-order valence-corrected chi connectivity index (χ4v) is 3.10. The number of nitriles is 1. The smallest absolute Gasteiger partial charge is 0.245 e. The molecular weight excluding hydrogens is 280 g/mol. The van der Waals surface area contributed by atoms with Crippen molar-refractivity contribution < 1.29 is 9.53 Å². The molecule has 6 heteroatoms. The second-order valence-corrected chi connectivity index (χ2v) is 5.64. The maximum Gasteiger partial charge on any atom is 0.245 e. The van der Waals surface area contributed by atoms with Crippen LogP contribution in [0.5, 0.6) is 0 Å². The Bertz CT molecular complexity index is 578. The standard InChI is InChI=1S/C16H20N4O2/c17-12-13-4-3-6-15(18-13)20-7-2-1-5-14(20)16(21)19-8-10-22-11-9-19/h3-4,6,14H,1-2,5,7-11H2. The SMILES string of the molecule is N#Cc1cccc(N2CCCCC2C(=O)N2CCOCC2)n1. The van der Waals surface area contributed by atoms with Gasteiger partial charge in [-0.15, -0.1) is 0 Å². The summed E-state index contributed by atoms with van der Waals surface area (Å²) < 4.78 is 5.32. The Balaban J connectivity index is 1.81. The fourth-order valence-electron chi connectivity index (χ4n) is 3.10. The van der Waals surface area contributed by atoms with Gasteiger partial charge in [0, 0.05) is 19.6 Å². The van der Waals surface area contributed by atoms with Crippen molar-refractivity contribution in [3.8, 4) is 6.07 Å². The highest BCUT2D eigenvalue weighted by Gasteiger charge is 2.33. The van der Waals surface area contributed by atoms with Crippen molar-refractivity contribution in [2.75, 3.05) is 37.7 Å². The van der Waals surface area contributed by atoms with Crippen molar-refractivity contribution in [2.45, 2.75) is 25.3 Å². The maximum atomic E-state index is 12.8. The van der Waals surface area contributed by atoms with Crippen molar-refractivity contribution >= 4 is 11.7 Å². The van der Waals surface area contributed by atoms with Crippen LogP contribution in [0.15, 0.2) is 18.2 Å². The molecule has 1 unspecified atom stereocenters. The summed E-state index contributed by atoms with van der Waals surface area (Å²) in [6, 6.07) is 7.28. The van der Waals surface area contributed by atoms with Gasteiger partial charge in [-0.3, -0.25) is 4.79 Å². The van der Waals surface area contributed by atoms with Gasteiger partial charge in [-0.25, -0.2) is 4.98 Å². The van der Waals surface area contributed by atoms with Gasteiger partial charge in [0.2, 0.25) is 5.91 Å². The third kappa shape index (κ3) is 3.04. The van der Waals surface area contributed by atoms with E-state index in [2.05, 4.69) is 16.0 Å². The molecule has 1 atom stereocenters. The minimum Gasteiger partial charge on any atom is -0.378 e. The molecule has 3 rings (SSSR count). The zero-order chi connectivity index (χ0) is 15.4. The minimum atomic E-state index is -0.173. The van der Waals surface area contributed by atoms with Crippen LogP contribution in [-0.2, 0) is 9.53 Å². The van der Waals surface area contributed by atoms with E-state index in [-0.39, 0.29) is 11.9 Å². The number of amides is 1. The van der Waals surface area contributed by atoms with Crippen LogP contribution in [0.2, 0.25) is 0 Å². The average molecular weight is 300 g/mol. The van der Waals surface area contributed by atoms with E-state index in [1.807, 2.05) is 17.0 Å². The molecule has 22 heavy (non-hydrogen) atoms. The molecule has 0 bridgehead atoms. The van der Waals surface area contributed by atoms with Gasteiger partial charge in [-0.2, -0.15) is 5.26 Å². The average Bonchev–Trinajstić information content (AvgIpc) is 2.62. The van der Waals surface area contributed by atoms with Crippen molar-refractivity contribution in [3.05, 3.63) is 23.9 Å². The molecule has 0 aliphatic carbocycles. The number of morpholine rings is 1. The van der Waals surface area contributed by atoms with Gasteiger partial charge in [-0.05, 0) is 31.4 Å². The third-order valence-corrected chi connectivity index (χ3v) is 4.25. The molecule has 2 saturated heterocycles. The quantitative estimate of drug-likeness (QED) is 0.820. The highest BCUT2D eigenvalue weighted by Crippen LogP contribution is 2.25. The Labute approximate surface area is 130 Å². The highest BCUT2D eigenvalue weighted by atomic mass is 16.5. The molecule has 0 radical (unpaired) electrons. The molecule has 6 nitrogen and oxygen atoms in total. The highest BCUT2D eigenvalue weighted by molar-refractivity contribution is 5.85. The Morgan fingerprint density at radius 1 is 1.27 bits per heavy atom. The Hall–Kier alpha value is -2.13. The number of anilines is 1. The fraction of sp³-hybridized carbons (Fsp3) is 0.562. The zero-order valence-corrected chi connectivity index (χ0v) is 12.6. The molecule has 1 aromatic heterocycles. The van der Waals surface area contributed by atoms with E-state index in [1.54, 1.807) is 6.07 Å². The van der Waals surface area contributed by atoms with E-state index in [0.29, 0.717) is 32.0 Å². The molecule has 3 heterocycles. The number of ether oxygens (including phenoxy) is 1. The number of nitrogens with zero attached hydrogens (tertiary/aromatic N) is 4. The van der Waals surface area contributed by atoms with Gasteiger partial charge in [0.25, 0.3) is 0 Å². The predicted molar refractivity (Wildman–Crippen MR) is 81.3 cm³/mol. The lowest BCUT2D eigenvalue weighted by molar-refractivity contribution is -0.137. The number of hydrogen-bond acceptors (Lipinski definition) is 5. The third-order valence-electron chi connectivity index (χ3n) is 4.25. The van der Waals surface area contributed by atoms with Crippen molar-refractivity contribution in [1.82, 2.24) is 9.88 Å². The second-order valence-electron chi connectivity index (χ2n) is 5.64. The van der Waals surface area contributed by atoms with Crippen molar-refractivity contribution in [1.29, 1.82) is 5.26 Å². The van der Waals surface area contributed by atoms with Gasteiger partial charge in [0.15, 0.2) is 0 Å². The first-order valence-electron chi connectivity index (χ1n) is 7.80. The summed E-state index contributed by atoms with van der Waals surface area (Å²) in [5.74, 6) is 0.887. The van der Waals surface area contributed by atoms with Crippen LogP contribution >= 0.6 is 0 Å². The maximum absolute atomic E-state index is 12.8. The molecular formula is C16H20N4O2. The number of piperidine rings is 1. The minimum absolute atomic E-state index is 0.159. The van der Waals surface area contributed by atoms with Gasteiger partial charge in [-0.1, -0.05) is 6.07 Å². The second kappa shape index (κ2) is 6.75. The first-order chi connectivity index (χ1) is 10.8. The Kier molecular flexibility index (Phi) is 4.54. The van der Waals surface area contributed by atoms with E-state index in [1.165, 1.54) is 0 Å². The summed E-state index contributed by atoms with van der Waals surface area (Å²) in [6.45, 7) is 3.35. The summed E-state index contributed by atoms with van der Waals surface area (Å²) in [4.78, 5) is 21.1. The molecule has 1 amide bonds. The Morgan fingerprint density at radius 3 is 2.86 bits per heavy atom. The molecule has 0 N–H and O–H groups in total. The van der Waals surface area contributed by atoms with E-state index < -0.39 is 0 Å². The number of hydrogen-bond donors (Lipinski definition) is 0. The van der Waals surface area contributed by atoms with Gasteiger partial charge in [0.05, 0.1) is 13.2 Å². The lowest BCUT2D eigenvalue weighted by Crippen LogP contribution is -2.53. The van der Waals surface area contributed by atoms with Crippen molar-refractivity contribution in [2.24, 2.45) is 0 Å². The lowest BCUT2D eigenvalue weighted by Gasteiger charge is -2.39. The molecule has 1 aromatic rings. The summed E-state index contributed by atoms with van der Waals surface area (Å²) in [5.41, 5.74) is 0.389. The molecule has 2 aliphatic heterocycles. The first-order valence-corrected chi connectivity index (χ1v) is 7.80. The number of pyridine rings is 1. The van der Waals surface area contributed by atoms with Crippen LogP contribution in [-0.4, -0.2) is 54.7 Å². The lowest BCUT2D eigenvalue weighted by atomic mass is 10.0. The summed E-state index contributed by atoms with van der Waals surface area (Å²) in [5, 5.41) is 9.02. The van der Waals surface area contributed by atoms with Crippen molar-refractivity contribution in [3.63, 3.8) is 0 Å². The monoisotopic (exact) mass is 300 g/mol. The molecule has 116 valence electrons. The topological polar surface area (TPSA) is 69.5 Å². The number of rotatable bonds is 2. The molecule has 0 saturated carbocycles. The van der Waals surface area contributed by atoms with Crippen LogP contribution in [0, 0.1) is 11.3 Å². The van der Waals surface area contributed by atoms with Gasteiger partial charge < -0.3 is 14.5 Å². The van der Waals surface area contributed by atoms with Crippen LogP contribution in [0.3, 0.4) is 0 Å². The zero-order valence-electron chi connectivity index (χ0n) is 12.6. The van der Waals surface area contributed by atoms with Gasteiger partial charge >= 0.3 is 0 Å². The largest absolute Gasteiger partial charge is 0.378 e. The predicted octanol–water partition coefficient (Wildman–Crippen LogP) is 1.17. The van der Waals surface area contributed by atoms with E-state index in [0.717, 1.165) is 31.6 Å². The molecule has 2 aliphatic rings. The normalized spacial score (nSPS) is 22.2. The van der Waals surface area contributed by atoms with E-state index in [9.17, 15) is 4.79 Å². The van der Waals surface area contributed by atoms with Crippen LogP contribution in [0.4, 0.5) is 5.82 Å². The van der Waals surface area contributed by atoms with Crippen LogP contribution < -0.4 is 4.90 Å². The number of carbonyl (C=O) groups excluding carboxylic acids is 1. The van der Waals surface area contributed by atoms with E-state index >= 15 is 0 Å². The molecule has 0 spiro atoms. The number of aromatic nitrogens is 1. The van der Waals surface area contributed by atoms with Crippen LogP contribution in [0.25, 0.3) is 0 Å².